The highest BCUT2D eigenvalue weighted by molar-refractivity contribution is 7.91. The summed E-state index contributed by atoms with van der Waals surface area (Å²) in [5.74, 6) is -1.55. The van der Waals surface area contributed by atoms with Gasteiger partial charge in [-0.3, -0.25) is 9.59 Å². The molecule has 1 N–H and O–H groups in total. The highest BCUT2D eigenvalue weighted by Gasteiger charge is 2.37. The smallest absolute Gasteiger partial charge is 0.340 e. The number of carbonyl (C=O) groups excluding carboxylic acids is 3. The number of carbonyl (C=O) groups is 3. The van der Waals surface area contributed by atoms with Crippen LogP contribution in [0.5, 0.6) is 0 Å². The first-order valence-corrected chi connectivity index (χ1v) is 10.8. The molecule has 0 aliphatic carbocycles. The van der Waals surface area contributed by atoms with Gasteiger partial charge in [0.2, 0.25) is 5.91 Å². The molecule has 150 valence electrons. The Morgan fingerprint density at radius 3 is 2.71 bits per heavy atom. The zero-order chi connectivity index (χ0) is 20.3. The molecule has 1 aromatic rings. The zero-order valence-electron chi connectivity index (χ0n) is 15.4. The summed E-state index contributed by atoms with van der Waals surface area (Å²) in [6.45, 7) is 1.89. The molecule has 2 aliphatic heterocycles. The van der Waals surface area contributed by atoms with Crippen molar-refractivity contribution in [3.63, 3.8) is 0 Å². The molecule has 1 fully saturated rings. The van der Waals surface area contributed by atoms with Gasteiger partial charge in [0.15, 0.2) is 9.84 Å². The summed E-state index contributed by atoms with van der Waals surface area (Å²) < 4.78 is 28.4. The fraction of sp³-hybridized carbons (Fsp3) is 0.444. The third kappa shape index (κ3) is 4.38. The van der Waals surface area contributed by atoms with E-state index in [1.54, 1.807) is 25.1 Å². The van der Waals surface area contributed by atoms with E-state index in [2.05, 4.69) is 10.4 Å². The minimum absolute atomic E-state index is 0.00537. The van der Waals surface area contributed by atoms with Gasteiger partial charge in [-0.1, -0.05) is 12.1 Å². The molecule has 2 heterocycles. The van der Waals surface area contributed by atoms with Crippen molar-refractivity contribution in [2.24, 2.45) is 5.10 Å². The first-order chi connectivity index (χ1) is 13.3. The van der Waals surface area contributed by atoms with Gasteiger partial charge in [0, 0.05) is 12.8 Å². The number of anilines is 1. The van der Waals surface area contributed by atoms with Gasteiger partial charge in [-0.2, -0.15) is 5.10 Å². The zero-order valence-corrected chi connectivity index (χ0v) is 16.2. The van der Waals surface area contributed by atoms with E-state index in [1.165, 1.54) is 6.07 Å². The molecule has 1 aromatic carbocycles. The number of benzene rings is 1. The van der Waals surface area contributed by atoms with Crippen LogP contribution in [0.3, 0.4) is 0 Å². The van der Waals surface area contributed by atoms with Crippen LogP contribution >= 0.6 is 0 Å². The van der Waals surface area contributed by atoms with Gasteiger partial charge in [-0.15, -0.1) is 0 Å². The van der Waals surface area contributed by atoms with Crippen LogP contribution in [0, 0.1) is 0 Å². The number of ether oxygens (including phenoxy) is 1. The Labute approximate surface area is 162 Å². The predicted octanol–water partition coefficient (Wildman–Crippen LogP) is 0.967. The van der Waals surface area contributed by atoms with Crippen molar-refractivity contribution < 1.29 is 27.5 Å². The Balaban J connectivity index is 1.78. The Bertz CT molecular complexity index is 940. The Kier molecular flexibility index (Phi) is 5.78. The number of amides is 2. The molecule has 2 aliphatic rings. The van der Waals surface area contributed by atoms with Gasteiger partial charge < -0.3 is 10.1 Å². The summed E-state index contributed by atoms with van der Waals surface area (Å²) in [5.41, 5.74) is 0.604. The SMILES string of the molecule is CCOC(=O)c1ccccc1NC(=O)C1=NN(C2CCS(=O)(=O)C2)C(=O)CC1. The topological polar surface area (TPSA) is 122 Å². The summed E-state index contributed by atoms with van der Waals surface area (Å²) in [7, 11) is -3.19. The predicted molar refractivity (Wildman–Crippen MR) is 102 cm³/mol. The number of hydrazone groups is 1. The first kappa shape index (κ1) is 20.0. The lowest BCUT2D eigenvalue weighted by atomic mass is 10.1. The van der Waals surface area contributed by atoms with Gasteiger partial charge in [0.05, 0.1) is 35.4 Å². The summed E-state index contributed by atoms with van der Waals surface area (Å²) in [5, 5.41) is 7.89. The maximum Gasteiger partial charge on any atom is 0.340 e. The largest absolute Gasteiger partial charge is 0.462 e. The molecular formula is C18H21N3O6S. The van der Waals surface area contributed by atoms with Crippen molar-refractivity contribution in [2.45, 2.75) is 32.2 Å². The number of nitrogens with one attached hydrogen (secondary N) is 1. The van der Waals surface area contributed by atoms with Crippen LogP contribution in [0.15, 0.2) is 29.4 Å². The molecule has 1 saturated heterocycles. The molecule has 1 atom stereocenters. The number of rotatable bonds is 5. The van der Waals surface area contributed by atoms with Crippen molar-refractivity contribution in [3.05, 3.63) is 29.8 Å². The van der Waals surface area contributed by atoms with Crippen LogP contribution in [0.4, 0.5) is 5.69 Å². The van der Waals surface area contributed by atoms with E-state index in [4.69, 9.17) is 4.74 Å². The van der Waals surface area contributed by atoms with Gasteiger partial charge in [0.1, 0.15) is 5.71 Å². The van der Waals surface area contributed by atoms with E-state index in [9.17, 15) is 22.8 Å². The number of nitrogens with zero attached hydrogens (tertiary/aromatic N) is 2. The van der Waals surface area contributed by atoms with Crippen LogP contribution in [0.2, 0.25) is 0 Å². The number of sulfone groups is 1. The quantitative estimate of drug-likeness (QED) is 0.726. The van der Waals surface area contributed by atoms with Crippen LogP contribution in [-0.2, 0) is 24.2 Å². The second-order valence-electron chi connectivity index (χ2n) is 6.56. The normalized spacial score (nSPS) is 21.2. The lowest BCUT2D eigenvalue weighted by molar-refractivity contribution is -0.133. The van der Waals surface area contributed by atoms with Crippen molar-refractivity contribution in [3.8, 4) is 0 Å². The molecule has 9 nitrogen and oxygen atoms in total. The number of hydrogen-bond acceptors (Lipinski definition) is 7. The lowest BCUT2D eigenvalue weighted by Crippen LogP contribution is -2.42. The molecule has 0 aromatic heterocycles. The monoisotopic (exact) mass is 407 g/mol. The number of esters is 1. The fourth-order valence-electron chi connectivity index (χ4n) is 3.16. The minimum Gasteiger partial charge on any atom is -0.462 e. The summed E-state index contributed by atoms with van der Waals surface area (Å²) in [4.78, 5) is 36.8. The van der Waals surface area contributed by atoms with Crippen LogP contribution in [0.1, 0.15) is 36.5 Å². The van der Waals surface area contributed by atoms with E-state index < -0.39 is 27.8 Å². The molecule has 2 amide bonds. The average molecular weight is 407 g/mol. The lowest BCUT2D eigenvalue weighted by Gasteiger charge is -2.27. The molecule has 0 spiro atoms. The summed E-state index contributed by atoms with van der Waals surface area (Å²) in [6.07, 6.45) is 0.517. The molecular weight excluding hydrogens is 386 g/mol. The minimum atomic E-state index is -3.19. The van der Waals surface area contributed by atoms with E-state index in [0.717, 1.165) is 5.01 Å². The van der Waals surface area contributed by atoms with Crippen molar-refractivity contribution in [2.75, 3.05) is 23.4 Å². The van der Waals surface area contributed by atoms with E-state index in [-0.39, 0.29) is 53.8 Å². The van der Waals surface area contributed by atoms with Crippen LogP contribution in [0.25, 0.3) is 0 Å². The Morgan fingerprint density at radius 1 is 1.29 bits per heavy atom. The molecule has 0 saturated carbocycles. The Hall–Kier alpha value is -2.75. The van der Waals surface area contributed by atoms with Gasteiger partial charge in [-0.25, -0.2) is 18.2 Å². The maximum atomic E-state index is 12.6. The van der Waals surface area contributed by atoms with E-state index in [0.29, 0.717) is 6.42 Å². The van der Waals surface area contributed by atoms with Crippen molar-refractivity contribution >= 4 is 39.0 Å². The summed E-state index contributed by atoms with van der Waals surface area (Å²) >= 11 is 0. The van der Waals surface area contributed by atoms with Crippen LogP contribution in [-0.4, -0.2) is 61.1 Å². The molecule has 28 heavy (non-hydrogen) atoms. The molecule has 1 unspecified atom stereocenters. The highest BCUT2D eigenvalue weighted by atomic mass is 32.2. The fourth-order valence-corrected chi connectivity index (χ4v) is 4.85. The number of hydrogen-bond donors (Lipinski definition) is 1. The van der Waals surface area contributed by atoms with E-state index in [1.807, 2.05) is 0 Å². The third-order valence-electron chi connectivity index (χ3n) is 4.55. The molecule has 0 bridgehead atoms. The van der Waals surface area contributed by atoms with Gasteiger partial charge >= 0.3 is 5.97 Å². The average Bonchev–Trinajstić information content (AvgIpc) is 3.02. The molecule has 10 heteroatoms. The standard InChI is InChI=1S/C18H21N3O6S/c1-2-27-18(24)13-5-3-4-6-14(13)19-17(23)15-7-8-16(22)21(20-15)12-9-10-28(25,26)11-12/h3-6,12H,2,7-11H2,1H3,(H,19,23). The van der Waals surface area contributed by atoms with Crippen molar-refractivity contribution in [1.82, 2.24) is 5.01 Å². The molecule has 0 radical (unpaired) electrons. The summed E-state index contributed by atoms with van der Waals surface area (Å²) in [6, 6.07) is 5.88. The van der Waals surface area contributed by atoms with Gasteiger partial charge in [0.25, 0.3) is 5.91 Å². The van der Waals surface area contributed by atoms with Crippen molar-refractivity contribution in [1.29, 1.82) is 0 Å². The Morgan fingerprint density at radius 2 is 2.04 bits per heavy atom. The highest BCUT2D eigenvalue weighted by Crippen LogP contribution is 2.23. The molecule has 3 rings (SSSR count). The van der Waals surface area contributed by atoms with Crippen LogP contribution < -0.4 is 5.32 Å². The maximum absolute atomic E-state index is 12.6. The first-order valence-electron chi connectivity index (χ1n) is 8.98. The second kappa shape index (κ2) is 8.09. The number of para-hydroxylation sites is 1. The second-order valence-corrected chi connectivity index (χ2v) is 8.79. The third-order valence-corrected chi connectivity index (χ3v) is 6.30. The van der Waals surface area contributed by atoms with Gasteiger partial charge in [-0.05, 0) is 25.5 Å². The van der Waals surface area contributed by atoms with E-state index >= 15 is 0 Å².